The SMILES string of the molecule is CC(C)C[C@H](CN)CC(=O)NC(C)(CO)CO. The molecule has 0 aromatic heterocycles. The van der Waals surface area contributed by atoms with Gasteiger partial charge in [-0.15, -0.1) is 0 Å². The topological polar surface area (TPSA) is 95.6 Å². The van der Waals surface area contributed by atoms with Crippen LogP contribution in [-0.2, 0) is 4.79 Å². The quantitative estimate of drug-likeness (QED) is 0.479. The number of hydrogen-bond acceptors (Lipinski definition) is 4. The Balaban J connectivity index is 4.23. The van der Waals surface area contributed by atoms with Crippen LogP contribution in [0.2, 0.25) is 0 Å². The number of aliphatic hydroxyl groups is 2. The number of aliphatic hydroxyl groups excluding tert-OH is 2. The molecule has 0 spiro atoms. The predicted octanol–water partition coefficient (Wildman–Crippen LogP) is -0.143. The number of nitrogens with one attached hydrogen (secondary N) is 1. The smallest absolute Gasteiger partial charge is 0.220 e. The second kappa shape index (κ2) is 7.63. The normalized spacial score (nSPS) is 13.8. The molecule has 0 unspecified atom stereocenters. The second-order valence-electron chi connectivity index (χ2n) is 5.36. The van der Waals surface area contributed by atoms with Crippen molar-refractivity contribution in [3.63, 3.8) is 0 Å². The van der Waals surface area contributed by atoms with Crippen molar-refractivity contribution in [2.75, 3.05) is 19.8 Å². The van der Waals surface area contributed by atoms with Crippen LogP contribution in [0.3, 0.4) is 0 Å². The summed E-state index contributed by atoms with van der Waals surface area (Å²) in [7, 11) is 0. The Morgan fingerprint density at radius 2 is 1.88 bits per heavy atom. The average Bonchev–Trinajstić information content (AvgIpc) is 2.27. The first-order chi connectivity index (χ1) is 7.86. The highest BCUT2D eigenvalue weighted by molar-refractivity contribution is 5.77. The Morgan fingerprint density at radius 1 is 1.35 bits per heavy atom. The van der Waals surface area contributed by atoms with Crippen LogP contribution in [0.15, 0.2) is 0 Å². The van der Waals surface area contributed by atoms with Crippen molar-refractivity contribution < 1.29 is 15.0 Å². The lowest BCUT2D eigenvalue weighted by Crippen LogP contribution is -2.52. The minimum atomic E-state index is -0.950. The van der Waals surface area contributed by atoms with E-state index < -0.39 is 5.54 Å². The van der Waals surface area contributed by atoms with Crippen LogP contribution < -0.4 is 11.1 Å². The molecule has 0 fully saturated rings. The molecule has 1 amide bonds. The first-order valence-electron chi connectivity index (χ1n) is 6.09. The van der Waals surface area contributed by atoms with E-state index in [1.807, 2.05) is 0 Å². The third-order valence-corrected chi connectivity index (χ3v) is 2.75. The molecule has 0 saturated heterocycles. The van der Waals surface area contributed by atoms with Gasteiger partial charge in [0.05, 0.1) is 18.8 Å². The molecule has 0 aliphatic heterocycles. The molecule has 0 aliphatic rings. The molecule has 0 rings (SSSR count). The van der Waals surface area contributed by atoms with Gasteiger partial charge in [0.1, 0.15) is 0 Å². The van der Waals surface area contributed by atoms with Crippen molar-refractivity contribution in [3.05, 3.63) is 0 Å². The monoisotopic (exact) mass is 246 g/mol. The molecule has 0 aliphatic carbocycles. The van der Waals surface area contributed by atoms with Crippen molar-refractivity contribution in [3.8, 4) is 0 Å². The third kappa shape index (κ3) is 6.61. The van der Waals surface area contributed by atoms with Gasteiger partial charge in [-0.2, -0.15) is 0 Å². The number of rotatable bonds is 8. The minimum absolute atomic E-state index is 0.150. The van der Waals surface area contributed by atoms with Gasteiger partial charge in [-0.3, -0.25) is 4.79 Å². The molecule has 102 valence electrons. The van der Waals surface area contributed by atoms with Crippen LogP contribution in [0.1, 0.15) is 33.6 Å². The van der Waals surface area contributed by atoms with Crippen LogP contribution in [0, 0.1) is 11.8 Å². The molecule has 0 aromatic carbocycles. The van der Waals surface area contributed by atoms with E-state index >= 15 is 0 Å². The maximum Gasteiger partial charge on any atom is 0.220 e. The zero-order valence-corrected chi connectivity index (χ0v) is 11.1. The lowest BCUT2D eigenvalue weighted by atomic mass is 9.93. The van der Waals surface area contributed by atoms with Gasteiger partial charge in [-0.25, -0.2) is 0 Å². The molecule has 17 heavy (non-hydrogen) atoms. The van der Waals surface area contributed by atoms with E-state index in [0.29, 0.717) is 18.9 Å². The molecular formula is C12H26N2O3. The highest BCUT2D eigenvalue weighted by Crippen LogP contribution is 2.14. The molecule has 1 atom stereocenters. The minimum Gasteiger partial charge on any atom is -0.394 e. The van der Waals surface area contributed by atoms with Crippen LogP contribution in [0.25, 0.3) is 0 Å². The highest BCUT2D eigenvalue weighted by atomic mass is 16.3. The van der Waals surface area contributed by atoms with Crippen molar-refractivity contribution in [1.29, 1.82) is 0 Å². The summed E-state index contributed by atoms with van der Waals surface area (Å²) in [6.07, 6.45) is 1.24. The molecule has 0 saturated carbocycles. The van der Waals surface area contributed by atoms with Crippen LogP contribution >= 0.6 is 0 Å². The fraction of sp³-hybridized carbons (Fsp3) is 0.917. The van der Waals surface area contributed by atoms with E-state index in [1.54, 1.807) is 6.92 Å². The average molecular weight is 246 g/mol. The molecule has 0 bridgehead atoms. The summed E-state index contributed by atoms with van der Waals surface area (Å²) in [5, 5.41) is 20.8. The molecule has 0 aromatic rings. The Labute approximate surface area is 103 Å². The lowest BCUT2D eigenvalue weighted by Gasteiger charge is -2.27. The van der Waals surface area contributed by atoms with E-state index in [1.165, 1.54) is 0 Å². The number of nitrogens with two attached hydrogens (primary N) is 1. The standard InChI is InChI=1S/C12H26N2O3/c1-9(2)4-10(6-13)5-11(17)14-12(3,7-15)8-16/h9-10,15-16H,4-8,13H2,1-3H3,(H,14,17)/t10-/m0/s1. The van der Waals surface area contributed by atoms with Crippen LogP contribution in [-0.4, -0.2) is 41.4 Å². The van der Waals surface area contributed by atoms with Crippen molar-refractivity contribution in [2.24, 2.45) is 17.6 Å². The summed E-state index contributed by atoms with van der Waals surface area (Å²) in [5.74, 6) is 0.474. The summed E-state index contributed by atoms with van der Waals surface area (Å²) in [5.41, 5.74) is 4.67. The Bertz CT molecular complexity index is 228. The first-order valence-corrected chi connectivity index (χ1v) is 6.09. The number of hydrogen-bond donors (Lipinski definition) is 4. The van der Waals surface area contributed by atoms with E-state index in [4.69, 9.17) is 15.9 Å². The Hall–Kier alpha value is -0.650. The first kappa shape index (κ1) is 16.4. The maximum absolute atomic E-state index is 11.7. The van der Waals surface area contributed by atoms with Gasteiger partial charge in [0, 0.05) is 6.42 Å². The lowest BCUT2D eigenvalue weighted by molar-refractivity contribution is -0.125. The number of carbonyl (C=O) groups excluding carboxylic acids is 1. The molecule has 5 nitrogen and oxygen atoms in total. The van der Waals surface area contributed by atoms with Gasteiger partial charge in [0.15, 0.2) is 0 Å². The molecule has 0 radical (unpaired) electrons. The van der Waals surface area contributed by atoms with Gasteiger partial charge in [-0.05, 0) is 31.7 Å². The van der Waals surface area contributed by atoms with E-state index in [0.717, 1.165) is 6.42 Å². The fourth-order valence-corrected chi connectivity index (χ4v) is 1.71. The van der Waals surface area contributed by atoms with Gasteiger partial charge in [-0.1, -0.05) is 13.8 Å². The van der Waals surface area contributed by atoms with E-state index in [2.05, 4.69) is 19.2 Å². The zero-order valence-electron chi connectivity index (χ0n) is 11.1. The van der Waals surface area contributed by atoms with E-state index in [9.17, 15) is 4.79 Å². The Kier molecular flexibility index (Phi) is 7.34. The maximum atomic E-state index is 11.7. The van der Waals surface area contributed by atoms with E-state index in [-0.39, 0.29) is 25.0 Å². The van der Waals surface area contributed by atoms with Crippen molar-refractivity contribution in [1.82, 2.24) is 5.32 Å². The Morgan fingerprint density at radius 3 is 2.24 bits per heavy atom. The summed E-state index contributed by atoms with van der Waals surface area (Å²) in [6, 6.07) is 0. The third-order valence-electron chi connectivity index (χ3n) is 2.75. The van der Waals surface area contributed by atoms with Gasteiger partial charge in [0.25, 0.3) is 0 Å². The summed E-state index contributed by atoms with van der Waals surface area (Å²) in [6.45, 7) is 5.68. The highest BCUT2D eigenvalue weighted by Gasteiger charge is 2.25. The van der Waals surface area contributed by atoms with Gasteiger partial charge < -0.3 is 21.3 Å². The number of amides is 1. The molecule has 5 N–H and O–H groups in total. The zero-order chi connectivity index (χ0) is 13.5. The predicted molar refractivity (Wildman–Crippen MR) is 67.3 cm³/mol. The summed E-state index contributed by atoms with van der Waals surface area (Å²) in [4.78, 5) is 11.7. The molecular weight excluding hydrogens is 220 g/mol. The van der Waals surface area contributed by atoms with Crippen LogP contribution in [0.4, 0.5) is 0 Å². The van der Waals surface area contributed by atoms with Crippen molar-refractivity contribution in [2.45, 2.75) is 39.2 Å². The number of carbonyl (C=O) groups is 1. The summed E-state index contributed by atoms with van der Waals surface area (Å²) < 4.78 is 0. The largest absolute Gasteiger partial charge is 0.394 e. The molecule has 5 heteroatoms. The van der Waals surface area contributed by atoms with Crippen molar-refractivity contribution >= 4 is 5.91 Å². The second-order valence-corrected chi connectivity index (χ2v) is 5.36. The van der Waals surface area contributed by atoms with Gasteiger partial charge >= 0.3 is 0 Å². The summed E-state index contributed by atoms with van der Waals surface area (Å²) >= 11 is 0. The molecule has 0 heterocycles. The van der Waals surface area contributed by atoms with Gasteiger partial charge in [0.2, 0.25) is 5.91 Å². The van der Waals surface area contributed by atoms with Crippen LogP contribution in [0.5, 0.6) is 0 Å². The fourth-order valence-electron chi connectivity index (χ4n) is 1.71.